The molecule has 2 nitrogen and oxygen atoms in total. The summed E-state index contributed by atoms with van der Waals surface area (Å²) in [6.45, 7) is 0.344. The minimum absolute atomic E-state index is 0.183. The van der Waals surface area contributed by atoms with Gasteiger partial charge in [-0.1, -0.05) is 29.3 Å². The van der Waals surface area contributed by atoms with Crippen LogP contribution < -0.4 is 11.1 Å². The maximum atomic E-state index is 13.2. The van der Waals surface area contributed by atoms with Crippen molar-refractivity contribution in [2.45, 2.75) is 6.04 Å². The largest absolute Gasteiger partial charge is 0.377 e. The van der Waals surface area contributed by atoms with E-state index in [1.807, 2.05) is 6.07 Å². The van der Waals surface area contributed by atoms with Crippen LogP contribution in [0, 0.1) is 5.82 Å². The summed E-state index contributed by atoms with van der Waals surface area (Å²) >= 11 is 15.2. The smallest absolute Gasteiger partial charge is 0.137 e. The first-order chi connectivity index (χ1) is 9.51. The molecule has 2 rings (SSSR count). The van der Waals surface area contributed by atoms with Gasteiger partial charge in [-0.05, 0) is 51.8 Å². The third-order valence-electron chi connectivity index (χ3n) is 2.83. The van der Waals surface area contributed by atoms with Crippen molar-refractivity contribution >= 4 is 44.8 Å². The van der Waals surface area contributed by atoms with Crippen LogP contribution in [0.25, 0.3) is 0 Å². The molecule has 106 valence electrons. The molecular formula is C14H12BrCl2FN2. The van der Waals surface area contributed by atoms with Gasteiger partial charge in [-0.3, -0.25) is 0 Å². The lowest BCUT2D eigenvalue weighted by Gasteiger charge is -2.20. The van der Waals surface area contributed by atoms with E-state index < -0.39 is 0 Å². The molecule has 0 radical (unpaired) electrons. The molecule has 0 bridgehead atoms. The Balaban J connectivity index is 2.26. The molecule has 1 unspecified atom stereocenters. The highest BCUT2D eigenvalue weighted by Crippen LogP contribution is 2.29. The molecule has 0 heterocycles. The molecule has 0 amide bonds. The zero-order chi connectivity index (χ0) is 14.7. The predicted octanol–water partition coefficient (Wildman–Crippen LogP) is 5.01. The summed E-state index contributed by atoms with van der Waals surface area (Å²) in [5.74, 6) is -0.315. The van der Waals surface area contributed by atoms with Crippen molar-refractivity contribution in [1.29, 1.82) is 0 Å². The number of halogens is 4. The van der Waals surface area contributed by atoms with Gasteiger partial charge in [0.1, 0.15) is 5.82 Å². The molecule has 0 aliphatic carbocycles. The SMILES string of the molecule is NCC(Nc1ccc(F)c(Br)c1)c1ccc(Cl)cc1Cl. The quantitative estimate of drug-likeness (QED) is 0.786. The van der Waals surface area contributed by atoms with Crippen LogP contribution in [0.4, 0.5) is 10.1 Å². The van der Waals surface area contributed by atoms with Crippen molar-refractivity contribution in [2.24, 2.45) is 5.73 Å². The van der Waals surface area contributed by atoms with Gasteiger partial charge in [0.05, 0.1) is 10.5 Å². The van der Waals surface area contributed by atoms with Crippen molar-refractivity contribution in [3.05, 3.63) is 62.3 Å². The molecule has 2 aromatic carbocycles. The number of hydrogen-bond acceptors (Lipinski definition) is 2. The zero-order valence-corrected chi connectivity index (χ0v) is 13.4. The van der Waals surface area contributed by atoms with E-state index in [2.05, 4.69) is 21.2 Å². The third kappa shape index (κ3) is 3.64. The molecule has 6 heteroatoms. The highest BCUT2D eigenvalue weighted by Gasteiger charge is 2.14. The molecule has 0 saturated heterocycles. The lowest BCUT2D eigenvalue weighted by atomic mass is 10.1. The molecule has 0 aromatic heterocycles. The summed E-state index contributed by atoms with van der Waals surface area (Å²) in [7, 11) is 0. The molecule has 20 heavy (non-hydrogen) atoms. The number of benzene rings is 2. The lowest BCUT2D eigenvalue weighted by Crippen LogP contribution is -2.21. The fraction of sp³-hybridized carbons (Fsp3) is 0.143. The van der Waals surface area contributed by atoms with Gasteiger partial charge in [0.15, 0.2) is 0 Å². The van der Waals surface area contributed by atoms with Crippen LogP contribution in [0.15, 0.2) is 40.9 Å². The van der Waals surface area contributed by atoms with E-state index in [1.165, 1.54) is 6.07 Å². The summed E-state index contributed by atoms with van der Waals surface area (Å²) in [5, 5.41) is 4.34. The van der Waals surface area contributed by atoms with Crippen LogP contribution >= 0.6 is 39.1 Å². The molecule has 0 spiro atoms. The fourth-order valence-corrected chi connectivity index (χ4v) is 2.75. The molecule has 0 aliphatic heterocycles. The second kappa shape index (κ2) is 6.76. The van der Waals surface area contributed by atoms with Crippen molar-refractivity contribution in [3.63, 3.8) is 0 Å². The topological polar surface area (TPSA) is 38.0 Å². The normalized spacial score (nSPS) is 12.2. The average molecular weight is 378 g/mol. The van der Waals surface area contributed by atoms with Crippen LogP contribution in [-0.2, 0) is 0 Å². The van der Waals surface area contributed by atoms with E-state index in [-0.39, 0.29) is 11.9 Å². The summed E-state index contributed by atoms with van der Waals surface area (Å²) < 4.78 is 13.6. The number of nitrogens with two attached hydrogens (primary N) is 1. The van der Waals surface area contributed by atoms with E-state index >= 15 is 0 Å². The van der Waals surface area contributed by atoms with Crippen LogP contribution in [0.1, 0.15) is 11.6 Å². The summed E-state index contributed by atoms with van der Waals surface area (Å²) in [6, 6.07) is 9.75. The van der Waals surface area contributed by atoms with Crippen LogP contribution in [0.3, 0.4) is 0 Å². The molecule has 0 saturated carbocycles. The highest BCUT2D eigenvalue weighted by atomic mass is 79.9. The lowest BCUT2D eigenvalue weighted by molar-refractivity contribution is 0.621. The molecule has 3 N–H and O–H groups in total. The monoisotopic (exact) mass is 376 g/mol. The average Bonchev–Trinajstić information content (AvgIpc) is 2.41. The molecule has 1 atom stereocenters. The fourth-order valence-electron chi connectivity index (χ4n) is 1.83. The molecule has 0 fully saturated rings. The Morgan fingerprint density at radius 2 is 1.95 bits per heavy atom. The van der Waals surface area contributed by atoms with Gasteiger partial charge in [-0.15, -0.1) is 0 Å². The van der Waals surface area contributed by atoms with E-state index in [0.29, 0.717) is 21.1 Å². The van der Waals surface area contributed by atoms with Crippen molar-refractivity contribution in [1.82, 2.24) is 0 Å². The number of hydrogen-bond donors (Lipinski definition) is 2. The maximum Gasteiger partial charge on any atom is 0.137 e. The summed E-state index contributed by atoms with van der Waals surface area (Å²) in [6.07, 6.45) is 0. The molecule has 0 aliphatic rings. The first kappa shape index (κ1) is 15.6. The van der Waals surface area contributed by atoms with Crippen molar-refractivity contribution in [3.8, 4) is 0 Å². The van der Waals surface area contributed by atoms with Crippen LogP contribution in [0.5, 0.6) is 0 Å². The standard InChI is InChI=1S/C14H12BrCl2FN2/c15-11-6-9(2-4-13(11)18)20-14(7-19)10-3-1-8(16)5-12(10)17/h1-6,14,20H,7,19H2. The Morgan fingerprint density at radius 3 is 2.55 bits per heavy atom. The van der Waals surface area contributed by atoms with Gasteiger partial charge in [0, 0.05) is 22.3 Å². The second-order valence-corrected chi connectivity index (χ2v) is 5.93. The maximum absolute atomic E-state index is 13.2. The Bertz CT molecular complexity index is 622. The van der Waals surface area contributed by atoms with Crippen LogP contribution in [-0.4, -0.2) is 6.54 Å². The number of rotatable bonds is 4. The Morgan fingerprint density at radius 1 is 1.20 bits per heavy atom. The van der Waals surface area contributed by atoms with Gasteiger partial charge >= 0.3 is 0 Å². The van der Waals surface area contributed by atoms with Gasteiger partial charge < -0.3 is 11.1 Å². The number of anilines is 1. The van der Waals surface area contributed by atoms with Gasteiger partial charge in [0.2, 0.25) is 0 Å². The summed E-state index contributed by atoms with van der Waals surface area (Å²) in [4.78, 5) is 0. The third-order valence-corrected chi connectivity index (χ3v) is 4.00. The predicted molar refractivity (Wildman–Crippen MR) is 86.0 cm³/mol. The van der Waals surface area contributed by atoms with Crippen LogP contribution in [0.2, 0.25) is 10.0 Å². The van der Waals surface area contributed by atoms with E-state index in [4.69, 9.17) is 28.9 Å². The second-order valence-electron chi connectivity index (χ2n) is 4.23. The first-order valence-corrected chi connectivity index (χ1v) is 7.42. The zero-order valence-electron chi connectivity index (χ0n) is 10.3. The summed E-state index contributed by atoms with van der Waals surface area (Å²) in [5.41, 5.74) is 7.38. The molecule has 2 aromatic rings. The van der Waals surface area contributed by atoms with Crippen molar-refractivity contribution in [2.75, 3.05) is 11.9 Å². The Kier molecular flexibility index (Phi) is 5.27. The Labute approximate surface area is 135 Å². The van der Waals surface area contributed by atoms with E-state index in [9.17, 15) is 4.39 Å². The van der Waals surface area contributed by atoms with E-state index in [0.717, 1.165) is 11.3 Å². The van der Waals surface area contributed by atoms with Crippen molar-refractivity contribution < 1.29 is 4.39 Å². The van der Waals surface area contributed by atoms with Gasteiger partial charge in [-0.2, -0.15) is 0 Å². The highest BCUT2D eigenvalue weighted by molar-refractivity contribution is 9.10. The Hall–Kier alpha value is -0.810. The van der Waals surface area contributed by atoms with Gasteiger partial charge in [-0.25, -0.2) is 4.39 Å². The molecular weight excluding hydrogens is 366 g/mol. The first-order valence-electron chi connectivity index (χ1n) is 5.88. The van der Waals surface area contributed by atoms with E-state index in [1.54, 1.807) is 24.3 Å². The minimum atomic E-state index is -0.315. The minimum Gasteiger partial charge on any atom is -0.377 e. The number of nitrogens with one attached hydrogen (secondary N) is 1. The van der Waals surface area contributed by atoms with Gasteiger partial charge in [0.25, 0.3) is 0 Å².